The summed E-state index contributed by atoms with van der Waals surface area (Å²) in [6, 6.07) is 18.5. The van der Waals surface area contributed by atoms with Crippen LogP contribution >= 0.6 is 11.3 Å². The van der Waals surface area contributed by atoms with Crippen LogP contribution in [0.25, 0.3) is 0 Å². The van der Waals surface area contributed by atoms with Gasteiger partial charge in [0, 0.05) is 24.9 Å². The first-order chi connectivity index (χ1) is 15.2. The number of rotatable bonds is 6. The summed E-state index contributed by atoms with van der Waals surface area (Å²) in [5.74, 6) is 0.858. The zero-order valence-corrected chi connectivity index (χ0v) is 19.0. The standard InChI is InChI=1S/C25H29N3O2S/c1-19(29)28(22-9-5-3-6-10-22)25-26-21(18-31-25)17-27-16-8-4-7-11-24(27)20-12-14-23(30-2)15-13-20/h3,5-6,9-10,12-15,18,24H,4,7-8,11,16-17H2,1-2H3/t24-/m0/s1. The Kier molecular flexibility index (Phi) is 6.99. The van der Waals surface area contributed by atoms with Crippen LogP contribution in [0.4, 0.5) is 10.8 Å². The molecule has 0 bridgehead atoms. The predicted molar refractivity (Wildman–Crippen MR) is 126 cm³/mol. The number of para-hydroxylation sites is 1. The number of carbonyl (C=O) groups excluding carboxylic acids is 1. The number of nitrogens with zero attached hydrogens (tertiary/aromatic N) is 3. The van der Waals surface area contributed by atoms with Crippen LogP contribution in [0.15, 0.2) is 60.0 Å². The second kappa shape index (κ2) is 10.1. The van der Waals surface area contributed by atoms with Crippen LogP contribution in [0.3, 0.4) is 0 Å². The van der Waals surface area contributed by atoms with Crippen LogP contribution in [0.1, 0.15) is 49.9 Å². The van der Waals surface area contributed by atoms with Gasteiger partial charge in [-0.1, -0.05) is 43.2 Å². The van der Waals surface area contributed by atoms with Crippen LogP contribution in [0.5, 0.6) is 5.75 Å². The number of benzene rings is 2. The molecule has 4 rings (SSSR count). The highest BCUT2D eigenvalue weighted by atomic mass is 32.1. The van der Waals surface area contributed by atoms with Crippen molar-refractivity contribution >= 4 is 28.1 Å². The number of likely N-dealkylation sites (tertiary alicyclic amines) is 1. The smallest absolute Gasteiger partial charge is 0.230 e. The molecule has 2 aromatic carbocycles. The third kappa shape index (κ3) is 5.14. The lowest BCUT2D eigenvalue weighted by molar-refractivity contribution is -0.115. The van der Waals surface area contributed by atoms with Crippen molar-refractivity contribution in [3.05, 3.63) is 71.2 Å². The zero-order chi connectivity index (χ0) is 21.6. The topological polar surface area (TPSA) is 45.7 Å². The Hall–Kier alpha value is -2.70. The van der Waals surface area contributed by atoms with Crippen LogP contribution in [-0.2, 0) is 11.3 Å². The average Bonchev–Trinajstić information content (AvgIpc) is 3.11. The Morgan fingerprint density at radius 1 is 1.13 bits per heavy atom. The molecule has 1 saturated heterocycles. The van der Waals surface area contributed by atoms with Gasteiger partial charge in [0.15, 0.2) is 5.13 Å². The molecule has 1 amide bonds. The highest BCUT2D eigenvalue weighted by molar-refractivity contribution is 7.14. The summed E-state index contributed by atoms with van der Waals surface area (Å²) in [7, 11) is 1.70. The molecule has 0 aliphatic carbocycles. The van der Waals surface area contributed by atoms with E-state index in [1.807, 2.05) is 42.5 Å². The molecule has 31 heavy (non-hydrogen) atoms. The summed E-state index contributed by atoms with van der Waals surface area (Å²) in [6.45, 7) is 3.43. The molecule has 1 atom stereocenters. The summed E-state index contributed by atoms with van der Waals surface area (Å²) in [6.07, 6.45) is 4.85. The van der Waals surface area contributed by atoms with Gasteiger partial charge in [-0.3, -0.25) is 14.6 Å². The largest absolute Gasteiger partial charge is 0.497 e. The SMILES string of the molecule is COc1ccc([C@@H]2CCCCCN2Cc2csc(N(C(C)=O)c3ccccc3)n2)cc1. The van der Waals surface area contributed by atoms with E-state index in [9.17, 15) is 4.79 Å². The van der Waals surface area contributed by atoms with Crippen molar-refractivity contribution in [3.63, 3.8) is 0 Å². The molecule has 2 heterocycles. The number of anilines is 2. The summed E-state index contributed by atoms with van der Waals surface area (Å²) < 4.78 is 5.33. The van der Waals surface area contributed by atoms with Gasteiger partial charge < -0.3 is 4.74 Å². The number of carbonyl (C=O) groups is 1. The first-order valence-electron chi connectivity index (χ1n) is 10.8. The van der Waals surface area contributed by atoms with Crippen molar-refractivity contribution < 1.29 is 9.53 Å². The van der Waals surface area contributed by atoms with Gasteiger partial charge in [0.2, 0.25) is 5.91 Å². The quantitative estimate of drug-likeness (QED) is 0.480. The number of hydrogen-bond donors (Lipinski definition) is 0. The monoisotopic (exact) mass is 435 g/mol. The second-order valence-electron chi connectivity index (χ2n) is 7.92. The maximum Gasteiger partial charge on any atom is 0.230 e. The maximum atomic E-state index is 12.4. The average molecular weight is 436 g/mol. The van der Waals surface area contributed by atoms with Crippen molar-refractivity contribution in [3.8, 4) is 5.75 Å². The summed E-state index contributed by atoms with van der Waals surface area (Å²) in [5, 5.41) is 2.81. The van der Waals surface area contributed by atoms with Gasteiger partial charge in [-0.2, -0.15) is 0 Å². The van der Waals surface area contributed by atoms with Gasteiger partial charge in [0.05, 0.1) is 18.5 Å². The van der Waals surface area contributed by atoms with Crippen molar-refractivity contribution in [2.24, 2.45) is 0 Å². The summed E-state index contributed by atoms with van der Waals surface area (Å²) in [5.41, 5.74) is 3.19. The van der Waals surface area contributed by atoms with E-state index in [4.69, 9.17) is 9.72 Å². The Balaban J connectivity index is 1.55. The first-order valence-corrected chi connectivity index (χ1v) is 11.7. The van der Waals surface area contributed by atoms with Gasteiger partial charge in [-0.05, 0) is 49.2 Å². The van der Waals surface area contributed by atoms with Crippen LogP contribution in [0, 0.1) is 0 Å². The number of amides is 1. The molecule has 1 fully saturated rings. The minimum atomic E-state index is -0.0296. The molecular formula is C25H29N3O2S. The molecule has 1 aliphatic heterocycles. The lowest BCUT2D eigenvalue weighted by Gasteiger charge is -2.30. The van der Waals surface area contributed by atoms with Crippen molar-refractivity contribution in [1.29, 1.82) is 0 Å². The molecule has 1 aliphatic rings. The zero-order valence-electron chi connectivity index (χ0n) is 18.2. The molecule has 0 radical (unpaired) electrons. The van der Waals surface area contributed by atoms with E-state index < -0.39 is 0 Å². The normalized spacial score (nSPS) is 17.2. The van der Waals surface area contributed by atoms with E-state index in [1.165, 1.54) is 36.2 Å². The molecule has 162 valence electrons. The van der Waals surface area contributed by atoms with Crippen molar-refractivity contribution in [1.82, 2.24) is 9.88 Å². The number of thiazole rings is 1. The molecule has 3 aromatic rings. The van der Waals surface area contributed by atoms with Gasteiger partial charge >= 0.3 is 0 Å². The van der Waals surface area contributed by atoms with E-state index in [-0.39, 0.29) is 5.91 Å². The molecular weight excluding hydrogens is 406 g/mol. The summed E-state index contributed by atoms with van der Waals surface area (Å²) >= 11 is 1.53. The molecule has 1 aromatic heterocycles. The molecule has 6 heteroatoms. The Morgan fingerprint density at radius 3 is 2.61 bits per heavy atom. The highest BCUT2D eigenvalue weighted by Crippen LogP contribution is 2.34. The first kappa shape index (κ1) is 21.5. The van der Waals surface area contributed by atoms with E-state index in [0.717, 1.165) is 41.8 Å². The van der Waals surface area contributed by atoms with Crippen LogP contribution < -0.4 is 9.64 Å². The van der Waals surface area contributed by atoms with Crippen molar-refractivity contribution in [2.45, 2.75) is 45.2 Å². The van der Waals surface area contributed by atoms with Gasteiger partial charge in [-0.25, -0.2) is 4.98 Å². The number of hydrogen-bond acceptors (Lipinski definition) is 5. The molecule has 0 unspecified atom stereocenters. The third-order valence-electron chi connectivity index (χ3n) is 5.79. The van der Waals surface area contributed by atoms with E-state index in [2.05, 4.69) is 22.4 Å². The third-order valence-corrected chi connectivity index (χ3v) is 6.66. The summed E-state index contributed by atoms with van der Waals surface area (Å²) in [4.78, 5) is 21.4. The lowest BCUT2D eigenvalue weighted by atomic mass is 10.0. The number of ether oxygens (including phenoxy) is 1. The lowest BCUT2D eigenvalue weighted by Crippen LogP contribution is -2.28. The fraction of sp³-hybridized carbons (Fsp3) is 0.360. The highest BCUT2D eigenvalue weighted by Gasteiger charge is 2.24. The van der Waals surface area contributed by atoms with Gasteiger partial charge in [-0.15, -0.1) is 11.3 Å². The molecule has 0 spiro atoms. The van der Waals surface area contributed by atoms with E-state index >= 15 is 0 Å². The molecule has 0 N–H and O–H groups in total. The minimum absolute atomic E-state index is 0.0296. The van der Waals surface area contributed by atoms with E-state index in [1.54, 1.807) is 18.9 Å². The van der Waals surface area contributed by atoms with E-state index in [0.29, 0.717) is 6.04 Å². The molecule has 0 saturated carbocycles. The van der Waals surface area contributed by atoms with Gasteiger partial charge in [0.25, 0.3) is 0 Å². The van der Waals surface area contributed by atoms with Crippen LogP contribution in [0.2, 0.25) is 0 Å². The van der Waals surface area contributed by atoms with Crippen molar-refractivity contribution in [2.75, 3.05) is 18.6 Å². The Labute approximate surface area is 188 Å². The number of aromatic nitrogens is 1. The fourth-order valence-electron chi connectivity index (χ4n) is 4.24. The Bertz CT molecular complexity index is 988. The fourth-order valence-corrected chi connectivity index (χ4v) is 5.12. The molecule has 5 nitrogen and oxygen atoms in total. The predicted octanol–water partition coefficient (Wildman–Crippen LogP) is 5.95. The number of methoxy groups -OCH3 is 1. The minimum Gasteiger partial charge on any atom is -0.497 e. The second-order valence-corrected chi connectivity index (χ2v) is 8.76. The van der Waals surface area contributed by atoms with Gasteiger partial charge in [0.1, 0.15) is 5.75 Å². The van der Waals surface area contributed by atoms with Crippen LogP contribution in [-0.4, -0.2) is 29.4 Å². The Morgan fingerprint density at radius 2 is 1.90 bits per heavy atom. The maximum absolute atomic E-state index is 12.4.